The van der Waals surface area contributed by atoms with Gasteiger partial charge in [-0.3, -0.25) is 19.3 Å². The maximum atomic E-state index is 12.9. The van der Waals surface area contributed by atoms with Gasteiger partial charge >= 0.3 is 0 Å². The van der Waals surface area contributed by atoms with Crippen molar-refractivity contribution in [1.82, 2.24) is 10.2 Å². The third kappa shape index (κ3) is 5.96. The Kier molecular flexibility index (Phi) is 8.31. The number of nitrogens with zero attached hydrogens (tertiary/aromatic N) is 1. The van der Waals surface area contributed by atoms with E-state index in [-0.39, 0.29) is 23.8 Å². The van der Waals surface area contributed by atoms with E-state index in [2.05, 4.69) is 5.32 Å². The Morgan fingerprint density at radius 3 is 2.26 bits per heavy atom. The number of amides is 3. The van der Waals surface area contributed by atoms with Gasteiger partial charge in [-0.15, -0.1) is 0 Å². The maximum Gasteiger partial charge on any atom is 0.293 e. The summed E-state index contributed by atoms with van der Waals surface area (Å²) >= 11 is 0.809. The van der Waals surface area contributed by atoms with Crippen LogP contribution in [-0.2, 0) is 9.59 Å². The van der Waals surface area contributed by atoms with Crippen LogP contribution in [0, 0.1) is 5.82 Å². The van der Waals surface area contributed by atoms with Crippen LogP contribution in [0.3, 0.4) is 0 Å². The predicted molar refractivity (Wildman–Crippen MR) is 127 cm³/mol. The van der Waals surface area contributed by atoms with Crippen LogP contribution in [-0.4, -0.2) is 56.4 Å². The zero-order chi connectivity index (χ0) is 24.7. The van der Waals surface area contributed by atoms with Gasteiger partial charge in [-0.1, -0.05) is 12.1 Å². The van der Waals surface area contributed by atoms with Crippen molar-refractivity contribution in [1.29, 1.82) is 0 Å². The predicted octanol–water partition coefficient (Wildman–Crippen LogP) is 3.72. The smallest absolute Gasteiger partial charge is 0.293 e. The molecule has 0 spiro atoms. The van der Waals surface area contributed by atoms with Gasteiger partial charge in [-0.05, 0) is 59.3 Å². The fraction of sp³-hybridized carbons (Fsp3) is 0.208. The number of thioether (sulfide) groups is 1. The quantitative estimate of drug-likeness (QED) is 0.540. The van der Waals surface area contributed by atoms with E-state index < -0.39 is 17.1 Å². The van der Waals surface area contributed by atoms with Gasteiger partial charge in [-0.2, -0.15) is 0 Å². The molecule has 0 unspecified atom stereocenters. The molecule has 1 heterocycles. The van der Waals surface area contributed by atoms with Crippen molar-refractivity contribution in [3.63, 3.8) is 0 Å². The molecule has 3 amide bonds. The number of imide groups is 1. The number of benzene rings is 2. The van der Waals surface area contributed by atoms with E-state index in [9.17, 15) is 18.8 Å². The summed E-state index contributed by atoms with van der Waals surface area (Å²) in [5.41, 5.74) is 1.26. The van der Waals surface area contributed by atoms with Gasteiger partial charge < -0.3 is 19.5 Å². The molecule has 0 atom stereocenters. The Bertz CT molecular complexity index is 1120. The van der Waals surface area contributed by atoms with E-state index in [4.69, 9.17) is 14.2 Å². The van der Waals surface area contributed by atoms with Crippen molar-refractivity contribution in [2.75, 3.05) is 34.4 Å². The lowest BCUT2D eigenvalue weighted by Crippen LogP contribution is -2.36. The van der Waals surface area contributed by atoms with Crippen molar-refractivity contribution in [2.45, 2.75) is 0 Å². The highest BCUT2D eigenvalue weighted by Crippen LogP contribution is 2.40. The van der Waals surface area contributed by atoms with E-state index in [0.29, 0.717) is 28.4 Å². The van der Waals surface area contributed by atoms with Crippen molar-refractivity contribution >= 4 is 41.0 Å². The molecule has 0 saturated carbocycles. The molecular formula is C24H23FN2O6S. The van der Waals surface area contributed by atoms with E-state index in [0.717, 1.165) is 16.7 Å². The topological polar surface area (TPSA) is 94.2 Å². The van der Waals surface area contributed by atoms with E-state index in [1.54, 1.807) is 30.3 Å². The van der Waals surface area contributed by atoms with Crippen molar-refractivity contribution in [2.24, 2.45) is 0 Å². The summed E-state index contributed by atoms with van der Waals surface area (Å²) in [7, 11) is 4.46. The van der Waals surface area contributed by atoms with Crippen LogP contribution in [0.5, 0.6) is 17.2 Å². The lowest BCUT2D eigenvalue weighted by atomic mass is 10.1. The summed E-state index contributed by atoms with van der Waals surface area (Å²) < 4.78 is 28.8. The molecule has 10 heteroatoms. The number of carbonyl (C=O) groups excluding carboxylic acids is 3. The minimum atomic E-state index is -0.458. The first-order valence-electron chi connectivity index (χ1n) is 10.1. The molecule has 0 aliphatic carbocycles. The molecule has 178 valence electrons. The van der Waals surface area contributed by atoms with E-state index >= 15 is 0 Å². The van der Waals surface area contributed by atoms with Crippen LogP contribution in [0.1, 0.15) is 11.1 Å². The van der Waals surface area contributed by atoms with Gasteiger partial charge in [0.15, 0.2) is 11.5 Å². The normalized spacial score (nSPS) is 14.7. The summed E-state index contributed by atoms with van der Waals surface area (Å²) in [4.78, 5) is 38.4. The van der Waals surface area contributed by atoms with Crippen LogP contribution in [0.15, 0.2) is 47.4 Å². The SMILES string of the molecule is COc1cc(/C=C2\SC(=O)N(CCNC(=O)/C=C\c3ccc(F)cc3)C2=O)cc(OC)c1OC. The van der Waals surface area contributed by atoms with Crippen LogP contribution in [0.2, 0.25) is 0 Å². The fourth-order valence-corrected chi connectivity index (χ4v) is 3.99. The Morgan fingerprint density at radius 1 is 1.03 bits per heavy atom. The summed E-state index contributed by atoms with van der Waals surface area (Å²) in [6.45, 7) is 0.107. The molecule has 0 bridgehead atoms. The average molecular weight is 487 g/mol. The fourth-order valence-electron chi connectivity index (χ4n) is 3.12. The highest BCUT2D eigenvalue weighted by molar-refractivity contribution is 8.18. The second kappa shape index (κ2) is 11.4. The average Bonchev–Trinajstić information content (AvgIpc) is 3.10. The minimum Gasteiger partial charge on any atom is -0.493 e. The molecule has 0 aromatic heterocycles. The van der Waals surface area contributed by atoms with Crippen molar-refractivity contribution in [3.8, 4) is 17.2 Å². The molecule has 1 fully saturated rings. The van der Waals surface area contributed by atoms with Gasteiger partial charge in [-0.25, -0.2) is 4.39 Å². The maximum absolute atomic E-state index is 12.9. The van der Waals surface area contributed by atoms with Gasteiger partial charge in [0.1, 0.15) is 5.82 Å². The second-order valence-electron chi connectivity index (χ2n) is 6.97. The highest BCUT2D eigenvalue weighted by Gasteiger charge is 2.34. The largest absolute Gasteiger partial charge is 0.493 e. The molecule has 8 nitrogen and oxygen atoms in total. The first-order chi connectivity index (χ1) is 16.4. The number of halogens is 1. The molecule has 2 aromatic rings. The Hall–Kier alpha value is -3.79. The lowest BCUT2D eigenvalue weighted by molar-refractivity contribution is -0.123. The molecule has 3 rings (SSSR count). The molecule has 34 heavy (non-hydrogen) atoms. The van der Waals surface area contributed by atoms with Gasteiger partial charge in [0.2, 0.25) is 11.7 Å². The number of ether oxygens (including phenoxy) is 3. The number of carbonyl (C=O) groups is 3. The van der Waals surface area contributed by atoms with Crippen molar-refractivity contribution in [3.05, 3.63) is 64.3 Å². The number of methoxy groups -OCH3 is 3. The summed E-state index contributed by atoms with van der Waals surface area (Å²) in [6, 6.07) is 9.01. The molecule has 1 aliphatic rings. The first kappa shape index (κ1) is 24.8. The van der Waals surface area contributed by atoms with Crippen LogP contribution in [0.25, 0.3) is 12.2 Å². The number of rotatable bonds is 9. The third-order valence-corrected chi connectivity index (χ3v) is 5.70. The molecule has 0 radical (unpaired) electrons. The molecule has 2 aromatic carbocycles. The molecular weight excluding hydrogens is 463 g/mol. The lowest BCUT2D eigenvalue weighted by Gasteiger charge is -2.13. The van der Waals surface area contributed by atoms with E-state index in [1.165, 1.54) is 45.6 Å². The Morgan fingerprint density at radius 2 is 1.68 bits per heavy atom. The zero-order valence-corrected chi connectivity index (χ0v) is 19.6. The van der Waals surface area contributed by atoms with Crippen LogP contribution in [0.4, 0.5) is 9.18 Å². The number of hydrogen-bond donors (Lipinski definition) is 1. The van der Waals surface area contributed by atoms with Gasteiger partial charge in [0.25, 0.3) is 11.1 Å². The summed E-state index contributed by atoms with van der Waals surface area (Å²) in [5.74, 6) is 0.0363. The standard InChI is InChI=1S/C24H23FN2O6S/c1-31-18-12-16(13-19(32-2)22(18)33-3)14-20-23(29)27(24(30)34-20)11-10-26-21(28)9-6-15-4-7-17(25)8-5-15/h4-9,12-14H,10-11H2,1-3H3,(H,26,28)/b9-6-,20-14-. The molecule has 1 saturated heterocycles. The summed E-state index contributed by atoms with van der Waals surface area (Å²) in [6.07, 6.45) is 4.40. The molecule has 1 N–H and O–H groups in total. The third-order valence-electron chi connectivity index (χ3n) is 4.79. The van der Waals surface area contributed by atoms with Crippen molar-refractivity contribution < 1.29 is 33.0 Å². The van der Waals surface area contributed by atoms with E-state index in [1.807, 2.05) is 0 Å². The molecule has 1 aliphatic heterocycles. The number of nitrogens with one attached hydrogen (secondary N) is 1. The minimum absolute atomic E-state index is 0.0212. The first-order valence-corrected chi connectivity index (χ1v) is 10.9. The van der Waals surface area contributed by atoms with Crippen LogP contribution >= 0.6 is 11.8 Å². The highest BCUT2D eigenvalue weighted by atomic mass is 32.2. The number of hydrogen-bond acceptors (Lipinski definition) is 7. The Balaban J connectivity index is 1.62. The zero-order valence-electron chi connectivity index (χ0n) is 18.8. The Labute approximate surface area is 200 Å². The van der Waals surface area contributed by atoms with Crippen LogP contribution < -0.4 is 19.5 Å². The van der Waals surface area contributed by atoms with Gasteiger partial charge in [0.05, 0.1) is 26.2 Å². The van der Waals surface area contributed by atoms with Gasteiger partial charge in [0, 0.05) is 19.2 Å². The second-order valence-corrected chi connectivity index (χ2v) is 7.96. The monoisotopic (exact) mass is 486 g/mol. The summed E-state index contributed by atoms with van der Waals surface area (Å²) in [5, 5.41) is 2.19.